The Hall–Kier alpha value is -2.68. The second kappa shape index (κ2) is 6.61. The van der Waals surface area contributed by atoms with Gasteiger partial charge in [-0.25, -0.2) is 9.48 Å². The van der Waals surface area contributed by atoms with Crippen LogP contribution in [-0.2, 0) is 20.8 Å². The summed E-state index contributed by atoms with van der Waals surface area (Å²) in [4.78, 5) is 29.5. The zero-order valence-corrected chi connectivity index (χ0v) is 12.5. The molecule has 2 amide bonds. The van der Waals surface area contributed by atoms with E-state index in [1.807, 2.05) is 6.08 Å². The molecule has 0 aromatic carbocycles. The van der Waals surface area contributed by atoms with Crippen LogP contribution in [-0.4, -0.2) is 69.8 Å². The minimum atomic E-state index is -0.164. The molecule has 0 saturated carbocycles. The minimum Gasteiger partial charge on any atom is -0.467 e. The van der Waals surface area contributed by atoms with Crippen molar-refractivity contribution in [2.24, 2.45) is 0 Å². The number of urea groups is 1. The molecule has 2 aliphatic heterocycles. The van der Waals surface area contributed by atoms with Gasteiger partial charge >= 0.3 is 6.03 Å². The molecule has 0 N–H and O–H groups in total. The molecule has 0 aliphatic carbocycles. The highest BCUT2D eigenvalue weighted by atomic mass is 16.7. The van der Waals surface area contributed by atoms with Gasteiger partial charge in [0, 0.05) is 13.0 Å². The molecule has 122 valence electrons. The first-order valence-electron chi connectivity index (χ1n) is 7.22. The molecule has 2 aliphatic rings. The van der Waals surface area contributed by atoms with Gasteiger partial charge in [-0.3, -0.25) is 9.63 Å². The lowest BCUT2D eigenvalue weighted by molar-refractivity contribution is -0.128. The van der Waals surface area contributed by atoms with Gasteiger partial charge in [0.25, 0.3) is 6.47 Å². The van der Waals surface area contributed by atoms with Crippen molar-refractivity contribution in [3.8, 4) is 0 Å². The Morgan fingerprint density at radius 2 is 2.35 bits per heavy atom. The summed E-state index contributed by atoms with van der Waals surface area (Å²) in [6.45, 7) is 5.56. The Balaban J connectivity index is 1.70. The van der Waals surface area contributed by atoms with E-state index in [-0.39, 0.29) is 25.3 Å². The third-order valence-electron chi connectivity index (χ3n) is 3.62. The number of nitrogens with zero attached hydrogens (tertiary/aromatic N) is 5. The van der Waals surface area contributed by atoms with Gasteiger partial charge < -0.3 is 9.64 Å². The normalized spacial score (nSPS) is 19.7. The molecule has 1 aromatic rings. The van der Waals surface area contributed by atoms with Crippen molar-refractivity contribution in [1.82, 2.24) is 25.0 Å². The topological polar surface area (TPSA) is 89.8 Å². The van der Waals surface area contributed by atoms with E-state index in [2.05, 4.69) is 21.6 Å². The molecular weight excluding hydrogens is 302 g/mol. The molecule has 1 saturated heterocycles. The first kappa shape index (κ1) is 15.2. The lowest BCUT2D eigenvalue weighted by atomic mass is 10.2. The van der Waals surface area contributed by atoms with Gasteiger partial charge in [-0.15, -0.1) is 11.7 Å². The molecule has 23 heavy (non-hydrogen) atoms. The molecule has 3 rings (SSSR count). The van der Waals surface area contributed by atoms with Crippen LogP contribution in [0.2, 0.25) is 0 Å². The highest BCUT2D eigenvalue weighted by Gasteiger charge is 2.41. The number of ether oxygens (including phenoxy) is 1. The second-order valence-electron chi connectivity index (χ2n) is 5.17. The van der Waals surface area contributed by atoms with Gasteiger partial charge in [-0.05, 0) is 6.08 Å². The maximum absolute atomic E-state index is 12.2. The van der Waals surface area contributed by atoms with Crippen molar-refractivity contribution in [3.63, 3.8) is 0 Å². The molecule has 2 bridgehead atoms. The van der Waals surface area contributed by atoms with Crippen LogP contribution in [0.1, 0.15) is 5.69 Å². The highest BCUT2D eigenvalue weighted by molar-refractivity contribution is 5.80. The Bertz CT molecular complexity index is 641. The maximum Gasteiger partial charge on any atom is 0.345 e. The van der Waals surface area contributed by atoms with Crippen LogP contribution in [0.5, 0.6) is 0 Å². The van der Waals surface area contributed by atoms with Crippen LogP contribution in [0.25, 0.3) is 5.70 Å². The first-order valence-corrected chi connectivity index (χ1v) is 7.22. The van der Waals surface area contributed by atoms with E-state index in [0.29, 0.717) is 31.7 Å². The number of carbonyl (C=O) groups is 2. The molecule has 9 heteroatoms. The second-order valence-corrected chi connectivity index (χ2v) is 5.17. The fourth-order valence-corrected chi connectivity index (χ4v) is 2.58. The number of amides is 2. The zero-order valence-electron chi connectivity index (χ0n) is 12.5. The van der Waals surface area contributed by atoms with Gasteiger partial charge in [-0.2, -0.15) is 5.06 Å². The summed E-state index contributed by atoms with van der Waals surface area (Å²) in [7, 11) is 0. The quantitative estimate of drug-likeness (QED) is 0.383. The summed E-state index contributed by atoms with van der Waals surface area (Å²) < 4.78 is 6.28. The summed E-state index contributed by atoms with van der Waals surface area (Å²) in [6.07, 6.45) is 5.81. The molecule has 1 aromatic heterocycles. The van der Waals surface area contributed by atoms with Gasteiger partial charge in [0.2, 0.25) is 0 Å². The fourth-order valence-electron chi connectivity index (χ4n) is 2.58. The maximum atomic E-state index is 12.2. The monoisotopic (exact) mass is 319 g/mol. The smallest absolute Gasteiger partial charge is 0.345 e. The van der Waals surface area contributed by atoms with E-state index in [9.17, 15) is 9.59 Å². The van der Waals surface area contributed by atoms with Crippen molar-refractivity contribution in [3.05, 3.63) is 30.6 Å². The minimum absolute atomic E-state index is 0.155. The van der Waals surface area contributed by atoms with Crippen molar-refractivity contribution in [1.29, 1.82) is 0 Å². The van der Waals surface area contributed by atoms with Crippen LogP contribution in [0.15, 0.2) is 24.9 Å². The fraction of sp³-hybridized carbons (Fsp3) is 0.429. The Labute approximate surface area is 132 Å². The lowest BCUT2D eigenvalue weighted by Gasteiger charge is -2.20. The molecule has 3 heterocycles. The Morgan fingerprint density at radius 3 is 3.13 bits per heavy atom. The van der Waals surface area contributed by atoms with E-state index in [1.54, 1.807) is 21.9 Å². The molecular formula is C14H17N5O4. The van der Waals surface area contributed by atoms with E-state index < -0.39 is 0 Å². The SMILES string of the molecule is C=CCON1C(=O)N2CC(n3cc(CCOC=O)nn3)=CC1C2. The summed E-state index contributed by atoms with van der Waals surface area (Å²) >= 11 is 0. The zero-order chi connectivity index (χ0) is 16.2. The van der Waals surface area contributed by atoms with Crippen molar-refractivity contribution >= 4 is 18.2 Å². The highest BCUT2D eigenvalue weighted by Crippen LogP contribution is 2.26. The summed E-state index contributed by atoms with van der Waals surface area (Å²) in [5.74, 6) is 0. The Kier molecular flexibility index (Phi) is 4.38. The third-order valence-corrected chi connectivity index (χ3v) is 3.62. The van der Waals surface area contributed by atoms with Crippen molar-refractivity contribution in [2.45, 2.75) is 12.5 Å². The van der Waals surface area contributed by atoms with Crippen LogP contribution < -0.4 is 0 Å². The molecule has 9 nitrogen and oxygen atoms in total. The molecule has 0 spiro atoms. The Morgan fingerprint density at radius 1 is 1.48 bits per heavy atom. The number of hydrogen-bond donors (Lipinski definition) is 0. The summed E-state index contributed by atoms with van der Waals surface area (Å²) in [5.41, 5.74) is 1.57. The van der Waals surface area contributed by atoms with E-state index in [0.717, 1.165) is 5.70 Å². The first-order chi connectivity index (χ1) is 11.2. The predicted octanol–water partition coefficient (Wildman–Crippen LogP) is 0.0719. The van der Waals surface area contributed by atoms with Gasteiger partial charge in [0.05, 0.1) is 43.4 Å². The third kappa shape index (κ3) is 3.09. The number of hydroxylamine groups is 2. The van der Waals surface area contributed by atoms with Crippen LogP contribution >= 0.6 is 0 Å². The number of carbonyl (C=O) groups excluding carboxylic acids is 2. The van der Waals surface area contributed by atoms with E-state index in [4.69, 9.17) is 4.84 Å². The van der Waals surface area contributed by atoms with Crippen molar-refractivity contribution < 1.29 is 19.2 Å². The van der Waals surface area contributed by atoms with Gasteiger partial charge in [0.15, 0.2) is 0 Å². The van der Waals surface area contributed by atoms with Crippen LogP contribution in [0.3, 0.4) is 0 Å². The predicted molar refractivity (Wildman–Crippen MR) is 78.8 cm³/mol. The molecule has 1 atom stereocenters. The average Bonchev–Trinajstić information content (AvgIpc) is 3.11. The summed E-state index contributed by atoms with van der Waals surface area (Å²) in [5, 5.41) is 9.47. The standard InChI is InChI=1S/C14H17N5O4/c1-2-4-23-19-13-6-12(8-17(9-13)14(19)21)18-7-11(15-16-18)3-5-22-10-20/h2,6-7,10,13H,1,3-5,8-9H2. The lowest BCUT2D eigenvalue weighted by Crippen LogP contribution is -2.33. The van der Waals surface area contributed by atoms with Crippen molar-refractivity contribution in [2.75, 3.05) is 26.3 Å². The number of aromatic nitrogens is 3. The molecule has 0 radical (unpaired) electrons. The van der Waals surface area contributed by atoms with Gasteiger partial charge in [-0.1, -0.05) is 11.3 Å². The van der Waals surface area contributed by atoms with E-state index in [1.165, 1.54) is 5.06 Å². The van der Waals surface area contributed by atoms with Crippen LogP contribution in [0, 0.1) is 0 Å². The molecule has 1 unspecified atom stereocenters. The largest absolute Gasteiger partial charge is 0.467 e. The number of hydrogen-bond acceptors (Lipinski definition) is 6. The number of fused-ring (bicyclic) bond motifs is 2. The number of rotatable bonds is 8. The van der Waals surface area contributed by atoms with Crippen LogP contribution in [0.4, 0.5) is 4.79 Å². The van der Waals surface area contributed by atoms with Gasteiger partial charge in [0.1, 0.15) is 0 Å². The van der Waals surface area contributed by atoms with E-state index >= 15 is 0 Å². The molecule has 1 fully saturated rings. The summed E-state index contributed by atoms with van der Waals surface area (Å²) in [6, 6.07) is -0.319. The average molecular weight is 319 g/mol.